The molecule has 3 aromatic rings. The second-order valence-electron chi connectivity index (χ2n) is 5.05. The predicted molar refractivity (Wildman–Crippen MR) is 86.4 cm³/mol. The first-order chi connectivity index (χ1) is 12.1. The van der Waals surface area contributed by atoms with Crippen molar-refractivity contribution in [3.8, 4) is 17.7 Å². The molecule has 0 aliphatic carbocycles. The normalized spacial score (nSPS) is 11.6. The first-order valence-corrected chi connectivity index (χ1v) is 7.30. The highest BCUT2D eigenvalue weighted by Crippen LogP contribution is 2.30. The third kappa shape index (κ3) is 3.38. The van der Waals surface area contributed by atoms with E-state index in [4.69, 9.17) is 4.74 Å². The van der Waals surface area contributed by atoms with Crippen LogP contribution in [0, 0.1) is 17.1 Å². The number of rotatable bonds is 4. The first kappa shape index (κ1) is 16.3. The van der Waals surface area contributed by atoms with Gasteiger partial charge in [-0.2, -0.15) is 5.26 Å². The van der Waals surface area contributed by atoms with E-state index in [1.807, 2.05) is 6.07 Å². The Hall–Kier alpha value is -3.53. The van der Waals surface area contributed by atoms with Gasteiger partial charge in [0.15, 0.2) is 5.92 Å². The number of aromatic nitrogens is 2. The summed E-state index contributed by atoms with van der Waals surface area (Å²) in [4.78, 5) is 20.6. The zero-order valence-electron chi connectivity index (χ0n) is 13.1. The Kier molecular flexibility index (Phi) is 4.53. The quantitative estimate of drug-likeness (QED) is 0.679. The molecule has 0 bridgehead atoms. The summed E-state index contributed by atoms with van der Waals surface area (Å²) in [6.07, 6.45) is 0. The van der Waals surface area contributed by atoms with Gasteiger partial charge in [0.05, 0.1) is 24.2 Å². The van der Waals surface area contributed by atoms with Crippen LogP contribution < -0.4 is 4.74 Å². The predicted octanol–water partition coefficient (Wildman–Crippen LogP) is 3.34. The van der Waals surface area contributed by atoms with Crippen LogP contribution in [0.1, 0.15) is 11.6 Å². The molecule has 0 spiro atoms. The third-order valence-electron chi connectivity index (χ3n) is 3.41. The van der Waals surface area contributed by atoms with Crippen molar-refractivity contribution >= 4 is 17.0 Å². The number of hydrogen-bond donors (Lipinski definition) is 0. The van der Waals surface area contributed by atoms with E-state index in [1.54, 1.807) is 24.3 Å². The molecule has 0 amide bonds. The molecule has 0 aliphatic heterocycles. The van der Waals surface area contributed by atoms with Crippen LogP contribution in [0.25, 0.3) is 11.0 Å². The Bertz CT molecular complexity index is 985. The summed E-state index contributed by atoms with van der Waals surface area (Å²) in [5.74, 6) is -2.46. The Labute approximate surface area is 142 Å². The molecule has 0 radical (unpaired) electrons. The van der Waals surface area contributed by atoms with Crippen molar-refractivity contribution < 1.29 is 18.7 Å². The minimum absolute atomic E-state index is 0.0114. The molecule has 0 saturated heterocycles. The lowest BCUT2D eigenvalue weighted by Gasteiger charge is -2.13. The molecule has 0 aliphatic rings. The van der Waals surface area contributed by atoms with Gasteiger partial charge in [0.1, 0.15) is 17.3 Å². The van der Waals surface area contributed by atoms with Crippen molar-refractivity contribution in [3.63, 3.8) is 0 Å². The highest BCUT2D eigenvalue weighted by Gasteiger charge is 2.28. The molecule has 2 aromatic carbocycles. The van der Waals surface area contributed by atoms with Crippen LogP contribution in [-0.4, -0.2) is 23.0 Å². The molecule has 25 heavy (non-hydrogen) atoms. The number of carbonyl (C=O) groups is 1. The van der Waals surface area contributed by atoms with Crippen LogP contribution in [0.15, 0.2) is 48.5 Å². The van der Waals surface area contributed by atoms with E-state index in [0.717, 1.165) is 0 Å². The Balaban J connectivity index is 2.15. The van der Waals surface area contributed by atoms with E-state index < -0.39 is 17.7 Å². The minimum Gasteiger partial charge on any atom is -0.468 e. The van der Waals surface area contributed by atoms with Gasteiger partial charge in [-0.05, 0) is 24.3 Å². The van der Waals surface area contributed by atoms with Gasteiger partial charge in [-0.1, -0.05) is 18.2 Å². The number of nitrogens with zero attached hydrogens (tertiary/aromatic N) is 3. The summed E-state index contributed by atoms with van der Waals surface area (Å²) < 4.78 is 23.6. The summed E-state index contributed by atoms with van der Waals surface area (Å²) in [7, 11) is 1.17. The zero-order chi connectivity index (χ0) is 17.8. The summed E-state index contributed by atoms with van der Waals surface area (Å²) in [6, 6.07) is 14.2. The maximum atomic E-state index is 13.4. The maximum Gasteiger partial charge on any atom is 0.329 e. The smallest absolute Gasteiger partial charge is 0.329 e. The summed E-state index contributed by atoms with van der Waals surface area (Å²) in [6.45, 7) is 0. The monoisotopic (exact) mass is 337 g/mol. The second kappa shape index (κ2) is 6.93. The molecular weight excluding hydrogens is 325 g/mol. The Morgan fingerprint density at radius 2 is 1.88 bits per heavy atom. The number of carbonyl (C=O) groups excluding carboxylic acids is 1. The minimum atomic E-state index is -1.31. The van der Waals surface area contributed by atoms with Gasteiger partial charge in [-0.3, -0.25) is 4.79 Å². The highest BCUT2D eigenvalue weighted by molar-refractivity contribution is 5.83. The van der Waals surface area contributed by atoms with Crippen molar-refractivity contribution in [2.24, 2.45) is 0 Å². The van der Waals surface area contributed by atoms with E-state index >= 15 is 0 Å². The number of fused-ring (bicyclic) bond motifs is 1. The van der Waals surface area contributed by atoms with Gasteiger partial charge in [0.25, 0.3) is 0 Å². The zero-order valence-corrected chi connectivity index (χ0v) is 13.1. The molecule has 0 saturated carbocycles. The van der Waals surface area contributed by atoms with Gasteiger partial charge in [-0.15, -0.1) is 0 Å². The maximum absolute atomic E-state index is 13.4. The lowest BCUT2D eigenvalue weighted by atomic mass is 10.1. The van der Waals surface area contributed by atoms with Crippen molar-refractivity contribution in [2.45, 2.75) is 5.92 Å². The van der Waals surface area contributed by atoms with Crippen LogP contribution in [0.5, 0.6) is 11.6 Å². The molecular formula is C18H12FN3O3. The fourth-order valence-corrected chi connectivity index (χ4v) is 2.25. The van der Waals surface area contributed by atoms with Gasteiger partial charge in [0, 0.05) is 6.07 Å². The Morgan fingerprint density at radius 3 is 2.52 bits per heavy atom. The lowest BCUT2D eigenvalue weighted by molar-refractivity contribution is -0.141. The summed E-state index contributed by atoms with van der Waals surface area (Å²) in [5, 5.41) is 9.35. The number of benzene rings is 2. The standard InChI is InChI=1S/C18H12FN3O3/c1-24-18(23)13(10-20)16-17(25-12-6-4-5-11(19)9-12)22-15-8-3-2-7-14(15)21-16/h2-9,13H,1H3/t13-/m1/s1. The third-order valence-corrected chi connectivity index (χ3v) is 3.41. The number of para-hydroxylation sites is 2. The van der Waals surface area contributed by atoms with Gasteiger partial charge < -0.3 is 9.47 Å². The van der Waals surface area contributed by atoms with Crippen LogP contribution in [0.2, 0.25) is 0 Å². The van der Waals surface area contributed by atoms with Crippen molar-refractivity contribution in [1.82, 2.24) is 9.97 Å². The van der Waals surface area contributed by atoms with Crippen molar-refractivity contribution in [2.75, 3.05) is 7.11 Å². The average molecular weight is 337 g/mol. The van der Waals surface area contributed by atoms with Crippen molar-refractivity contribution in [3.05, 3.63) is 60.0 Å². The van der Waals surface area contributed by atoms with E-state index in [9.17, 15) is 14.4 Å². The van der Waals surface area contributed by atoms with Crippen LogP contribution in [-0.2, 0) is 9.53 Å². The van der Waals surface area contributed by atoms with Gasteiger partial charge in [-0.25, -0.2) is 14.4 Å². The molecule has 1 heterocycles. The van der Waals surface area contributed by atoms with E-state index in [1.165, 1.54) is 31.4 Å². The van der Waals surface area contributed by atoms with E-state index in [0.29, 0.717) is 11.0 Å². The van der Waals surface area contributed by atoms with E-state index in [-0.39, 0.29) is 17.3 Å². The Morgan fingerprint density at radius 1 is 1.16 bits per heavy atom. The highest BCUT2D eigenvalue weighted by atomic mass is 19.1. The number of halogens is 1. The molecule has 0 unspecified atom stereocenters. The largest absolute Gasteiger partial charge is 0.468 e. The number of esters is 1. The lowest BCUT2D eigenvalue weighted by Crippen LogP contribution is -2.15. The van der Waals surface area contributed by atoms with Crippen LogP contribution in [0.3, 0.4) is 0 Å². The number of hydrogen-bond acceptors (Lipinski definition) is 6. The molecule has 0 N–H and O–H groups in total. The van der Waals surface area contributed by atoms with Gasteiger partial charge in [0.2, 0.25) is 5.88 Å². The summed E-state index contributed by atoms with van der Waals surface area (Å²) in [5.41, 5.74) is 1.02. The number of methoxy groups -OCH3 is 1. The fraction of sp³-hybridized carbons (Fsp3) is 0.111. The number of nitriles is 1. The van der Waals surface area contributed by atoms with Crippen LogP contribution >= 0.6 is 0 Å². The second-order valence-corrected chi connectivity index (χ2v) is 5.05. The SMILES string of the molecule is COC(=O)[C@H](C#N)c1nc2ccccc2nc1Oc1cccc(F)c1. The molecule has 1 atom stereocenters. The van der Waals surface area contributed by atoms with Gasteiger partial charge >= 0.3 is 5.97 Å². The average Bonchev–Trinajstić information content (AvgIpc) is 2.62. The molecule has 124 valence electrons. The molecule has 1 aromatic heterocycles. The fourth-order valence-electron chi connectivity index (χ4n) is 2.25. The number of ether oxygens (including phenoxy) is 2. The summed E-state index contributed by atoms with van der Waals surface area (Å²) >= 11 is 0. The first-order valence-electron chi connectivity index (χ1n) is 7.30. The molecule has 6 nitrogen and oxygen atoms in total. The molecule has 0 fully saturated rings. The van der Waals surface area contributed by atoms with Crippen molar-refractivity contribution in [1.29, 1.82) is 5.26 Å². The topological polar surface area (TPSA) is 85.1 Å². The molecule has 7 heteroatoms. The van der Waals surface area contributed by atoms with Crippen LogP contribution in [0.4, 0.5) is 4.39 Å². The molecule has 3 rings (SSSR count). The van der Waals surface area contributed by atoms with E-state index in [2.05, 4.69) is 14.7 Å².